The third kappa shape index (κ3) is 4.09. The predicted octanol–water partition coefficient (Wildman–Crippen LogP) is 2.99. The van der Waals surface area contributed by atoms with Crippen molar-refractivity contribution in [1.29, 1.82) is 0 Å². The summed E-state index contributed by atoms with van der Waals surface area (Å²) < 4.78 is 0. The Morgan fingerprint density at radius 2 is 1.68 bits per heavy atom. The van der Waals surface area contributed by atoms with E-state index in [-0.39, 0.29) is 17.1 Å². The Bertz CT molecular complexity index is 671. The smallest absolute Gasteiger partial charge is 0.271 e. The van der Waals surface area contributed by atoms with E-state index in [2.05, 4.69) is 24.4 Å². The normalized spacial score (nSPS) is 11.0. The number of nitrogens with one attached hydrogen (secondary N) is 1. The first-order chi connectivity index (χ1) is 10.5. The van der Waals surface area contributed by atoms with Crippen molar-refractivity contribution < 1.29 is 15.0 Å². The number of aromatic hydroxyl groups is 2. The van der Waals surface area contributed by atoms with Gasteiger partial charge in [0.15, 0.2) is 0 Å². The molecule has 3 N–H and O–H groups in total. The molecule has 2 aromatic rings. The Balaban J connectivity index is 2.00. The van der Waals surface area contributed by atoms with Gasteiger partial charge in [-0.2, -0.15) is 5.10 Å². The van der Waals surface area contributed by atoms with Gasteiger partial charge in [0.1, 0.15) is 11.5 Å². The SMILES string of the molecule is CC(C)c1ccc(/C=N\NC(=O)c2cc(O)cc(O)c2)cc1. The van der Waals surface area contributed by atoms with Gasteiger partial charge in [0, 0.05) is 11.6 Å². The summed E-state index contributed by atoms with van der Waals surface area (Å²) in [6, 6.07) is 11.5. The molecule has 0 saturated carbocycles. The van der Waals surface area contributed by atoms with Crippen LogP contribution in [0.15, 0.2) is 47.6 Å². The predicted molar refractivity (Wildman–Crippen MR) is 85.4 cm³/mol. The lowest BCUT2D eigenvalue weighted by molar-refractivity contribution is 0.0954. The zero-order valence-corrected chi connectivity index (χ0v) is 12.4. The Hall–Kier alpha value is -2.82. The zero-order valence-electron chi connectivity index (χ0n) is 12.4. The van der Waals surface area contributed by atoms with E-state index in [4.69, 9.17) is 0 Å². The molecule has 0 fully saturated rings. The molecule has 0 unspecified atom stereocenters. The van der Waals surface area contributed by atoms with Crippen molar-refractivity contribution in [3.8, 4) is 11.5 Å². The van der Waals surface area contributed by atoms with Gasteiger partial charge in [-0.25, -0.2) is 5.43 Å². The fraction of sp³-hybridized carbons (Fsp3) is 0.176. The van der Waals surface area contributed by atoms with Crippen LogP contribution in [0.5, 0.6) is 11.5 Å². The van der Waals surface area contributed by atoms with Crippen molar-refractivity contribution in [3.63, 3.8) is 0 Å². The van der Waals surface area contributed by atoms with E-state index in [0.29, 0.717) is 5.92 Å². The first-order valence-electron chi connectivity index (χ1n) is 6.92. The summed E-state index contributed by atoms with van der Waals surface area (Å²) >= 11 is 0. The number of benzene rings is 2. The van der Waals surface area contributed by atoms with Gasteiger partial charge in [-0.15, -0.1) is 0 Å². The summed E-state index contributed by atoms with van der Waals surface area (Å²) in [5.74, 6) is -0.415. The van der Waals surface area contributed by atoms with E-state index in [1.54, 1.807) is 0 Å². The number of hydrogen-bond acceptors (Lipinski definition) is 4. The van der Waals surface area contributed by atoms with Crippen molar-refractivity contribution in [2.45, 2.75) is 19.8 Å². The van der Waals surface area contributed by atoms with E-state index < -0.39 is 5.91 Å². The fourth-order valence-electron chi connectivity index (χ4n) is 1.92. The minimum absolute atomic E-state index is 0.129. The minimum atomic E-state index is -0.513. The Kier molecular flexibility index (Phi) is 4.78. The summed E-state index contributed by atoms with van der Waals surface area (Å²) in [6.45, 7) is 4.24. The highest BCUT2D eigenvalue weighted by Crippen LogP contribution is 2.20. The summed E-state index contributed by atoms with van der Waals surface area (Å²) in [5, 5.41) is 22.5. The number of phenolic OH excluding ortho intramolecular Hbond substituents is 2. The molecule has 0 saturated heterocycles. The molecule has 2 rings (SSSR count). The van der Waals surface area contributed by atoms with Crippen LogP contribution in [0, 0.1) is 0 Å². The molecular weight excluding hydrogens is 280 g/mol. The van der Waals surface area contributed by atoms with Crippen LogP contribution in [0.2, 0.25) is 0 Å². The minimum Gasteiger partial charge on any atom is -0.508 e. The number of hydrazone groups is 1. The number of phenols is 2. The molecule has 0 radical (unpaired) electrons. The lowest BCUT2D eigenvalue weighted by atomic mass is 10.0. The van der Waals surface area contributed by atoms with Gasteiger partial charge in [0.05, 0.1) is 6.21 Å². The highest BCUT2D eigenvalue weighted by molar-refractivity contribution is 5.95. The van der Waals surface area contributed by atoms with Crippen LogP contribution in [0.25, 0.3) is 0 Å². The molecule has 0 spiro atoms. The number of nitrogens with zero attached hydrogens (tertiary/aromatic N) is 1. The molecule has 0 aliphatic carbocycles. The maximum atomic E-state index is 11.8. The van der Waals surface area contributed by atoms with Crippen molar-refractivity contribution in [2.75, 3.05) is 0 Å². The number of carbonyl (C=O) groups is 1. The molecule has 0 atom stereocenters. The summed E-state index contributed by atoms with van der Waals surface area (Å²) in [5.41, 5.74) is 4.57. The Labute approximate surface area is 128 Å². The Morgan fingerprint density at radius 1 is 1.09 bits per heavy atom. The van der Waals surface area contributed by atoms with Crippen molar-refractivity contribution in [1.82, 2.24) is 5.43 Å². The second-order valence-electron chi connectivity index (χ2n) is 5.26. The molecule has 2 aromatic carbocycles. The quantitative estimate of drug-likeness (QED) is 0.599. The molecule has 5 nitrogen and oxygen atoms in total. The lowest BCUT2D eigenvalue weighted by Crippen LogP contribution is -2.17. The number of rotatable bonds is 4. The molecular formula is C17H18N2O3. The van der Waals surface area contributed by atoms with E-state index in [1.807, 2.05) is 24.3 Å². The monoisotopic (exact) mass is 298 g/mol. The topological polar surface area (TPSA) is 81.9 Å². The molecule has 0 aromatic heterocycles. The standard InChI is InChI=1S/C17H18N2O3/c1-11(2)13-5-3-12(4-6-13)10-18-19-17(22)14-7-15(20)9-16(21)8-14/h3-11,20-21H,1-2H3,(H,19,22)/b18-10-. The van der Waals surface area contributed by atoms with Gasteiger partial charge < -0.3 is 10.2 Å². The largest absolute Gasteiger partial charge is 0.508 e. The van der Waals surface area contributed by atoms with Gasteiger partial charge in [0.2, 0.25) is 0 Å². The highest BCUT2D eigenvalue weighted by Gasteiger charge is 2.07. The third-order valence-electron chi connectivity index (χ3n) is 3.15. The molecule has 0 bridgehead atoms. The van der Waals surface area contributed by atoms with Gasteiger partial charge in [0.25, 0.3) is 5.91 Å². The molecule has 22 heavy (non-hydrogen) atoms. The van der Waals surface area contributed by atoms with Crippen LogP contribution in [0.4, 0.5) is 0 Å². The maximum absolute atomic E-state index is 11.8. The van der Waals surface area contributed by atoms with Gasteiger partial charge in [-0.3, -0.25) is 4.79 Å². The highest BCUT2D eigenvalue weighted by atomic mass is 16.3. The average molecular weight is 298 g/mol. The van der Waals surface area contributed by atoms with Crippen LogP contribution in [0.1, 0.15) is 41.3 Å². The zero-order chi connectivity index (χ0) is 16.1. The van der Waals surface area contributed by atoms with E-state index in [1.165, 1.54) is 23.9 Å². The number of hydrogen-bond donors (Lipinski definition) is 3. The molecule has 1 amide bonds. The van der Waals surface area contributed by atoms with Crippen LogP contribution < -0.4 is 5.43 Å². The number of carbonyl (C=O) groups excluding carboxylic acids is 1. The first kappa shape index (κ1) is 15.6. The summed E-state index contributed by atoms with van der Waals surface area (Å²) in [6.07, 6.45) is 1.53. The van der Waals surface area contributed by atoms with Gasteiger partial charge >= 0.3 is 0 Å². The van der Waals surface area contributed by atoms with Crippen molar-refractivity contribution >= 4 is 12.1 Å². The van der Waals surface area contributed by atoms with Crippen LogP contribution >= 0.6 is 0 Å². The average Bonchev–Trinajstić information content (AvgIpc) is 2.46. The van der Waals surface area contributed by atoms with Gasteiger partial charge in [-0.05, 0) is 29.2 Å². The molecule has 114 valence electrons. The van der Waals surface area contributed by atoms with E-state index in [0.717, 1.165) is 11.6 Å². The van der Waals surface area contributed by atoms with Gasteiger partial charge in [-0.1, -0.05) is 38.1 Å². The first-order valence-corrected chi connectivity index (χ1v) is 6.92. The third-order valence-corrected chi connectivity index (χ3v) is 3.15. The molecule has 0 aliphatic heterocycles. The molecule has 0 heterocycles. The second-order valence-corrected chi connectivity index (χ2v) is 5.26. The summed E-state index contributed by atoms with van der Waals surface area (Å²) in [7, 11) is 0. The second kappa shape index (κ2) is 6.76. The fourth-order valence-corrected chi connectivity index (χ4v) is 1.92. The van der Waals surface area contributed by atoms with Crippen LogP contribution in [-0.2, 0) is 0 Å². The number of amides is 1. The van der Waals surface area contributed by atoms with E-state index >= 15 is 0 Å². The summed E-state index contributed by atoms with van der Waals surface area (Å²) in [4.78, 5) is 11.8. The molecule has 5 heteroatoms. The maximum Gasteiger partial charge on any atom is 0.271 e. The van der Waals surface area contributed by atoms with Crippen LogP contribution in [0.3, 0.4) is 0 Å². The van der Waals surface area contributed by atoms with Crippen molar-refractivity contribution in [3.05, 3.63) is 59.2 Å². The Morgan fingerprint density at radius 3 is 2.23 bits per heavy atom. The van der Waals surface area contributed by atoms with Crippen LogP contribution in [-0.4, -0.2) is 22.3 Å². The lowest BCUT2D eigenvalue weighted by Gasteiger charge is -2.04. The molecule has 0 aliphatic rings. The van der Waals surface area contributed by atoms with E-state index in [9.17, 15) is 15.0 Å². The van der Waals surface area contributed by atoms with Crippen molar-refractivity contribution in [2.24, 2.45) is 5.10 Å².